The summed E-state index contributed by atoms with van der Waals surface area (Å²) in [6, 6.07) is 7.63. The molecular formula is C10H14NaO4P. The zero-order valence-corrected chi connectivity index (χ0v) is 12.8. The molecule has 0 unspecified atom stereocenters. The maximum absolute atomic E-state index is 10.6. The van der Waals surface area contributed by atoms with Crippen LogP contribution in [0, 0.1) is 6.07 Å². The maximum Gasteiger partial charge on any atom is 1.00 e. The second kappa shape index (κ2) is 5.67. The molecule has 0 heterocycles. The van der Waals surface area contributed by atoms with E-state index < -0.39 is 7.82 Å². The van der Waals surface area contributed by atoms with Crippen LogP contribution in [0.5, 0.6) is 5.75 Å². The quantitative estimate of drug-likeness (QED) is 0.413. The van der Waals surface area contributed by atoms with Crippen molar-refractivity contribution in [2.75, 3.05) is 0 Å². The summed E-state index contributed by atoms with van der Waals surface area (Å²) in [5.41, 5.74) is 0.840. The van der Waals surface area contributed by atoms with Gasteiger partial charge < -0.3 is 4.52 Å². The number of phosphoric acid groups is 1. The van der Waals surface area contributed by atoms with Gasteiger partial charge in [-0.1, -0.05) is 20.8 Å². The van der Waals surface area contributed by atoms with Gasteiger partial charge in [-0.2, -0.15) is 12.1 Å². The van der Waals surface area contributed by atoms with Crippen molar-refractivity contribution in [3.63, 3.8) is 0 Å². The molecule has 1 rings (SSSR count). The standard InChI is InChI=1S/C10H14O4P.Na/c1-10(2,3)8-5-4-6-9(7-8)14-15(11,12)13;/h4-5,7H,1-3H3,(H2,11,12,13);/q-1;+1. The Morgan fingerprint density at radius 2 is 1.94 bits per heavy atom. The van der Waals surface area contributed by atoms with E-state index in [4.69, 9.17) is 9.79 Å². The Bertz CT molecular complexity index is 394. The first-order valence-corrected chi connectivity index (χ1v) is 5.99. The van der Waals surface area contributed by atoms with Gasteiger partial charge in [0.1, 0.15) is 0 Å². The Kier molecular flexibility index (Phi) is 5.73. The molecule has 4 nitrogen and oxygen atoms in total. The SMILES string of the molecule is CC(C)(C)c1cc[c-]c(OP(=O)(O)O)c1.[Na+]. The molecule has 16 heavy (non-hydrogen) atoms. The van der Waals surface area contributed by atoms with E-state index >= 15 is 0 Å². The van der Waals surface area contributed by atoms with Crippen molar-refractivity contribution in [3.8, 4) is 5.75 Å². The van der Waals surface area contributed by atoms with Crippen molar-refractivity contribution in [2.45, 2.75) is 26.2 Å². The topological polar surface area (TPSA) is 66.8 Å². The van der Waals surface area contributed by atoms with Gasteiger partial charge in [0.15, 0.2) is 0 Å². The van der Waals surface area contributed by atoms with Crippen LogP contribution in [-0.4, -0.2) is 9.79 Å². The van der Waals surface area contributed by atoms with E-state index in [9.17, 15) is 4.57 Å². The molecule has 0 aromatic heterocycles. The summed E-state index contributed by atoms with van der Waals surface area (Å²) >= 11 is 0. The Morgan fingerprint density at radius 1 is 1.38 bits per heavy atom. The summed E-state index contributed by atoms with van der Waals surface area (Å²) in [4.78, 5) is 17.3. The number of rotatable bonds is 2. The first-order valence-electron chi connectivity index (χ1n) is 4.46. The van der Waals surface area contributed by atoms with Gasteiger partial charge in [0.2, 0.25) is 0 Å². The summed E-state index contributed by atoms with van der Waals surface area (Å²) in [5, 5.41) is 0. The Balaban J connectivity index is 0.00000225. The fraction of sp³-hybridized carbons (Fsp3) is 0.400. The number of hydrogen-bond donors (Lipinski definition) is 2. The molecule has 0 bridgehead atoms. The Labute approximate surface area is 118 Å². The zero-order valence-electron chi connectivity index (χ0n) is 9.89. The van der Waals surface area contributed by atoms with Crippen LogP contribution in [0.3, 0.4) is 0 Å². The molecular weight excluding hydrogens is 238 g/mol. The average molecular weight is 252 g/mol. The smallest absolute Gasteiger partial charge is 0.431 e. The predicted molar refractivity (Wildman–Crippen MR) is 56.7 cm³/mol. The van der Waals surface area contributed by atoms with Crippen molar-refractivity contribution in [2.24, 2.45) is 0 Å². The molecule has 6 heteroatoms. The number of benzene rings is 1. The maximum atomic E-state index is 10.6. The van der Waals surface area contributed by atoms with Gasteiger partial charge in [0.25, 0.3) is 0 Å². The minimum atomic E-state index is -4.49. The molecule has 2 N–H and O–H groups in total. The van der Waals surface area contributed by atoms with Gasteiger partial charge in [-0.3, -0.25) is 9.79 Å². The minimum Gasteiger partial charge on any atom is -0.431 e. The van der Waals surface area contributed by atoms with E-state index in [0.717, 1.165) is 5.56 Å². The van der Waals surface area contributed by atoms with Crippen LogP contribution in [0.2, 0.25) is 0 Å². The third-order valence-electron chi connectivity index (χ3n) is 1.86. The summed E-state index contributed by atoms with van der Waals surface area (Å²) in [6.45, 7) is 6.01. The van der Waals surface area contributed by atoms with Gasteiger partial charge in [0.05, 0.1) is 0 Å². The molecule has 0 radical (unpaired) electrons. The number of phosphoric ester groups is 1. The first kappa shape index (κ1) is 16.2. The number of hydrogen-bond acceptors (Lipinski definition) is 2. The summed E-state index contributed by atoms with van der Waals surface area (Å²) in [7, 11) is -4.49. The van der Waals surface area contributed by atoms with Crippen LogP contribution in [0.4, 0.5) is 0 Å². The van der Waals surface area contributed by atoms with E-state index in [1.165, 1.54) is 0 Å². The van der Waals surface area contributed by atoms with Crippen molar-refractivity contribution < 1.29 is 48.4 Å². The van der Waals surface area contributed by atoms with Gasteiger partial charge in [0, 0.05) is 5.75 Å². The second-order valence-corrected chi connectivity index (χ2v) is 5.44. The largest absolute Gasteiger partial charge is 1.00 e. The Morgan fingerprint density at radius 3 is 2.38 bits per heavy atom. The van der Waals surface area contributed by atoms with Crippen LogP contribution in [0.15, 0.2) is 18.2 Å². The van der Waals surface area contributed by atoms with Gasteiger partial charge in [-0.25, -0.2) is 4.57 Å². The minimum absolute atomic E-state index is 0. The zero-order chi connectivity index (χ0) is 11.7. The van der Waals surface area contributed by atoms with Crippen LogP contribution >= 0.6 is 7.82 Å². The molecule has 0 spiro atoms. The molecule has 0 atom stereocenters. The van der Waals surface area contributed by atoms with Crippen molar-refractivity contribution in [3.05, 3.63) is 29.8 Å². The molecule has 0 fully saturated rings. The summed E-state index contributed by atoms with van der Waals surface area (Å²) < 4.78 is 15.1. The fourth-order valence-electron chi connectivity index (χ4n) is 1.09. The van der Waals surface area contributed by atoms with Crippen molar-refractivity contribution in [1.82, 2.24) is 0 Å². The third kappa shape index (κ3) is 5.48. The van der Waals surface area contributed by atoms with Crippen molar-refractivity contribution in [1.29, 1.82) is 0 Å². The molecule has 0 saturated carbocycles. The van der Waals surface area contributed by atoms with Crippen LogP contribution < -0.4 is 34.1 Å². The van der Waals surface area contributed by atoms with Crippen LogP contribution in [-0.2, 0) is 9.98 Å². The van der Waals surface area contributed by atoms with E-state index in [-0.39, 0.29) is 40.7 Å². The molecule has 0 aliphatic rings. The van der Waals surface area contributed by atoms with E-state index in [1.54, 1.807) is 12.1 Å². The van der Waals surface area contributed by atoms with Gasteiger partial charge >= 0.3 is 37.4 Å². The van der Waals surface area contributed by atoms with Crippen LogP contribution in [0.1, 0.15) is 26.3 Å². The average Bonchev–Trinajstić information content (AvgIpc) is 1.99. The summed E-state index contributed by atoms with van der Waals surface area (Å²) in [6.07, 6.45) is 0. The van der Waals surface area contributed by atoms with Gasteiger partial charge in [-0.05, 0) is 5.41 Å². The van der Waals surface area contributed by atoms with E-state index in [2.05, 4.69) is 10.6 Å². The van der Waals surface area contributed by atoms with Gasteiger partial charge in [-0.15, -0.1) is 17.7 Å². The van der Waals surface area contributed by atoms with Crippen LogP contribution in [0.25, 0.3) is 0 Å². The Hall–Kier alpha value is 0.170. The first-order chi connectivity index (χ1) is 6.68. The molecule has 0 aliphatic heterocycles. The third-order valence-corrected chi connectivity index (χ3v) is 2.29. The fourth-order valence-corrected chi connectivity index (χ4v) is 1.45. The monoisotopic (exact) mass is 252 g/mol. The molecule has 84 valence electrons. The second-order valence-electron chi connectivity index (χ2n) is 4.27. The normalized spacial score (nSPS) is 11.8. The van der Waals surface area contributed by atoms with E-state index in [1.807, 2.05) is 26.8 Å². The summed E-state index contributed by atoms with van der Waals surface area (Å²) in [5.74, 6) is 0.0655. The van der Waals surface area contributed by atoms with Crippen molar-refractivity contribution >= 4 is 7.82 Å². The molecule has 1 aromatic carbocycles. The van der Waals surface area contributed by atoms with E-state index in [0.29, 0.717) is 0 Å². The predicted octanol–water partition coefficient (Wildman–Crippen LogP) is -0.740. The molecule has 1 aromatic rings. The molecule has 0 aliphatic carbocycles. The molecule has 0 amide bonds. The molecule has 0 saturated heterocycles.